The standard InChI is InChI=1S/C17H18O3/c1-17(2,3)14-7-5-4-6-12(14)16(20)13-9-8-11(18)10-15(13)19/h4-10,18-19H,1-3H3. The predicted octanol–water partition coefficient (Wildman–Crippen LogP) is 3.63. The third-order valence-corrected chi connectivity index (χ3v) is 3.21. The number of aromatic hydroxyl groups is 2. The number of benzene rings is 2. The lowest BCUT2D eigenvalue weighted by atomic mass is 9.82. The Kier molecular flexibility index (Phi) is 3.53. The number of hydrogen-bond acceptors (Lipinski definition) is 3. The molecule has 0 saturated heterocycles. The molecule has 0 aliphatic heterocycles. The minimum absolute atomic E-state index is 0.0665. The van der Waals surface area contributed by atoms with Crippen LogP contribution in [0, 0.1) is 0 Å². The van der Waals surface area contributed by atoms with Gasteiger partial charge in [0.1, 0.15) is 11.5 Å². The quantitative estimate of drug-likeness (QED) is 0.819. The first-order valence-corrected chi connectivity index (χ1v) is 6.47. The second-order valence-corrected chi connectivity index (χ2v) is 5.83. The Balaban J connectivity index is 2.55. The number of rotatable bonds is 2. The van der Waals surface area contributed by atoms with Gasteiger partial charge in [-0.05, 0) is 23.1 Å². The van der Waals surface area contributed by atoms with Crippen LogP contribution in [0.1, 0.15) is 42.3 Å². The molecule has 0 atom stereocenters. The highest BCUT2D eigenvalue weighted by molar-refractivity contribution is 6.11. The van der Waals surface area contributed by atoms with Crippen molar-refractivity contribution in [3.63, 3.8) is 0 Å². The van der Waals surface area contributed by atoms with Crippen LogP contribution >= 0.6 is 0 Å². The molecule has 0 spiro atoms. The van der Waals surface area contributed by atoms with Crippen molar-refractivity contribution in [2.24, 2.45) is 0 Å². The smallest absolute Gasteiger partial charge is 0.197 e. The molecule has 0 fully saturated rings. The molecule has 0 aliphatic rings. The van der Waals surface area contributed by atoms with Crippen molar-refractivity contribution in [1.82, 2.24) is 0 Å². The molecule has 3 nitrogen and oxygen atoms in total. The highest BCUT2D eigenvalue weighted by Gasteiger charge is 2.23. The molecule has 2 N–H and O–H groups in total. The molecule has 2 aromatic rings. The minimum atomic E-state index is -0.243. The molecule has 3 heteroatoms. The van der Waals surface area contributed by atoms with Gasteiger partial charge in [0.25, 0.3) is 0 Å². The van der Waals surface area contributed by atoms with E-state index in [0.29, 0.717) is 5.56 Å². The Bertz CT molecular complexity index is 652. The van der Waals surface area contributed by atoms with Gasteiger partial charge in [0, 0.05) is 11.6 Å². The molecule has 0 unspecified atom stereocenters. The lowest BCUT2D eigenvalue weighted by molar-refractivity contribution is 0.103. The van der Waals surface area contributed by atoms with Crippen molar-refractivity contribution >= 4 is 5.78 Å². The van der Waals surface area contributed by atoms with Gasteiger partial charge in [0.2, 0.25) is 0 Å². The Hall–Kier alpha value is -2.29. The molecule has 0 amide bonds. The van der Waals surface area contributed by atoms with E-state index in [-0.39, 0.29) is 28.3 Å². The van der Waals surface area contributed by atoms with E-state index in [1.54, 1.807) is 12.1 Å². The first kappa shape index (κ1) is 14.1. The highest BCUT2D eigenvalue weighted by atomic mass is 16.3. The molecule has 0 aliphatic carbocycles. The molecule has 0 radical (unpaired) electrons. The molecule has 2 aromatic carbocycles. The van der Waals surface area contributed by atoms with Gasteiger partial charge in [0.15, 0.2) is 5.78 Å². The fourth-order valence-corrected chi connectivity index (χ4v) is 2.19. The maximum absolute atomic E-state index is 12.6. The van der Waals surface area contributed by atoms with Crippen molar-refractivity contribution in [3.05, 3.63) is 59.2 Å². The van der Waals surface area contributed by atoms with Gasteiger partial charge in [-0.15, -0.1) is 0 Å². The molecular formula is C17H18O3. The number of phenols is 2. The molecule has 20 heavy (non-hydrogen) atoms. The van der Waals surface area contributed by atoms with Gasteiger partial charge in [-0.2, -0.15) is 0 Å². The van der Waals surface area contributed by atoms with Crippen molar-refractivity contribution in [3.8, 4) is 11.5 Å². The second-order valence-electron chi connectivity index (χ2n) is 5.83. The largest absolute Gasteiger partial charge is 0.508 e. The molecule has 0 saturated carbocycles. The summed E-state index contributed by atoms with van der Waals surface area (Å²) in [6.07, 6.45) is 0. The Morgan fingerprint density at radius 3 is 2.20 bits per heavy atom. The van der Waals surface area contributed by atoms with Crippen LogP contribution in [0.5, 0.6) is 11.5 Å². The highest BCUT2D eigenvalue weighted by Crippen LogP contribution is 2.30. The van der Waals surface area contributed by atoms with Crippen molar-refractivity contribution < 1.29 is 15.0 Å². The zero-order valence-corrected chi connectivity index (χ0v) is 11.8. The van der Waals surface area contributed by atoms with Gasteiger partial charge in [-0.25, -0.2) is 0 Å². The van der Waals surface area contributed by atoms with Crippen LogP contribution < -0.4 is 0 Å². The van der Waals surface area contributed by atoms with E-state index in [9.17, 15) is 15.0 Å². The van der Waals surface area contributed by atoms with E-state index in [4.69, 9.17) is 0 Å². The van der Waals surface area contributed by atoms with E-state index < -0.39 is 0 Å². The van der Waals surface area contributed by atoms with Gasteiger partial charge in [-0.3, -0.25) is 4.79 Å². The molecule has 0 aromatic heterocycles. The first-order chi connectivity index (χ1) is 9.30. The van der Waals surface area contributed by atoms with Gasteiger partial charge >= 0.3 is 0 Å². The number of carbonyl (C=O) groups is 1. The average Bonchev–Trinajstić information content (AvgIpc) is 2.37. The lowest BCUT2D eigenvalue weighted by Crippen LogP contribution is -2.17. The molecule has 2 rings (SSSR count). The summed E-state index contributed by atoms with van der Waals surface area (Å²) in [5.74, 6) is -0.519. The third-order valence-electron chi connectivity index (χ3n) is 3.21. The Labute approximate surface area is 118 Å². The van der Waals surface area contributed by atoms with E-state index in [2.05, 4.69) is 0 Å². The monoisotopic (exact) mass is 270 g/mol. The van der Waals surface area contributed by atoms with E-state index in [1.165, 1.54) is 18.2 Å². The van der Waals surface area contributed by atoms with E-state index in [1.807, 2.05) is 32.9 Å². The van der Waals surface area contributed by atoms with Crippen molar-refractivity contribution in [1.29, 1.82) is 0 Å². The topological polar surface area (TPSA) is 57.5 Å². The van der Waals surface area contributed by atoms with Crippen LogP contribution in [0.4, 0.5) is 0 Å². The summed E-state index contributed by atoms with van der Waals surface area (Å²) < 4.78 is 0. The zero-order valence-electron chi connectivity index (χ0n) is 11.8. The average molecular weight is 270 g/mol. The van der Waals surface area contributed by atoms with Crippen LogP contribution in [0.2, 0.25) is 0 Å². The predicted molar refractivity (Wildman–Crippen MR) is 78.3 cm³/mol. The number of phenolic OH excluding ortho intramolecular Hbond substituents is 2. The number of carbonyl (C=O) groups excluding carboxylic acids is 1. The number of hydrogen-bond donors (Lipinski definition) is 2. The summed E-state index contributed by atoms with van der Waals surface area (Å²) in [6.45, 7) is 6.11. The van der Waals surface area contributed by atoms with Crippen LogP contribution in [0.15, 0.2) is 42.5 Å². The fourth-order valence-electron chi connectivity index (χ4n) is 2.19. The maximum atomic E-state index is 12.6. The van der Waals surface area contributed by atoms with Crippen molar-refractivity contribution in [2.75, 3.05) is 0 Å². The van der Waals surface area contributed by atoms with Gasteiger partial charge in [0.05, 0.1) is 5.56 Å². The van der Waals surface area contributed by atoms with Gasteiger partial charge in [-0.1, -0.05) is 45.0 Å². The molecule has 0 heterocycles. The maximum Gasteiger partial charge on any atom is 0.197 e. The van der Waals surface area contributed by atoms with E-state index in [0.717, 1.165) is 5.56 Å². The summed E-state index contributed by atoms with van der Waals surface area (Å²) >= 11 is 0. The van der Waals surface area contributed by atoms with Crippen LogP contribution in [0.25, 0.3) is 0 Å². The summed E-state index contributed by atoms with van der Waals surface area (Å²) in [7, 11) is 0. The molecule has 0 bridgehead atoms. The summed E-state index contributed by atoms with van der Waals surface area (Å²) in [5.41, 5.74) is 1.52. The molecule has 104 valence electrons. The minimum Gasteiger partial charge on any atom is -0.508 e. The Morgan fingerprint density at radius 1 is 0.950 bits per heavy atom. The lowest BCUT2D eigenvalue weighted by Gasteiger charge is -2.22. The molecular weight excluding hydrogens is 252 g/mol. The number of ketones is 1. The fraction of sp³-hybridized carbons (Fsp3) is 0.235. The third kappa shape index (κ3) is 2.67. The van der Waals surface area contributed by atoms with Gasteiger partial charge < -0.3 is 10.2 Å². The van der Waals surface area contributed by atoms with Crippen molar-refractivity contribution in [2.45, 2.75) is 26.2 Å². The second kappa shape index (κ2) is 5.00. The normalized spacial score (nSPS) is 11.3. The van der Waals surface area contributed by atoms with Crippen LogP contribution in [0.3, 0.4) is 0 Å². The summed E-state index contributed by atoms with van der Waals surface area (Å²) in [4.78, 5) is 12.6. The SMILES string of the molecule is CC(C)(C)c1ccccc1C(=O)c1ccc(O)cc1O. The van der Waals surface area contributed by atoms with Crippen LogP contribution in [-0.4, -0.2) is 16.0 Å². The van der Waals surface area contributed by atoms with Crippen LogP contribution in [-0.2, 0) is 5.41 Å². The zero-order chi connectivity index (χ0) is 14.9. The van der Waals surface area contributed by atoms with E-state index >= 15 is 0 Å². The summed E-state index contributed by atoms with van der Waals surface area (Å²) in [5, 5.41) is 19.1. The first-order valence-electron chi connectivity index (χ1n) is 6.47. The summed E-state index contributed by atoms with van der Waals surface area (Å²) in [6, 6.07) is 11.4. The Morgan fingerprint density at radius 2 is 1.60 bits per heavy atom.